The second-order valence-electron chi connectivity index (χ2n) is 5.37. The van der Waals surface area contributed by atoms with Crippen LogP contribution < -0.4 is 0 Å². The van der Waals surface area contributed by atoms with Crippen molar-refractivity contribution in [1.29, 1.82) is 0 Å². The first-order valence-corrected chi connectivity index (χ1v) is 7.79. The molecule has 24 heavy (non-hydrogen) atoms. The van der Waals surface area contributed by atoms with Crippen molar-refractivity contribution in [1.82, 2.24) is 19.9 Å². The highest BCUT2D eigenvalue weighted by Crippen LogP contribution is 2.28. The van der Waals surface area contributed by atoms with Crippen LogP contribution in [0, 0.1) is 0 Å². The summed E-state index contributed by atoms with van der Waals surface area (Å²) in [4.78, 5) is 16.3. The van der Waals surface area contributed by atoms with Gasteiger partial charge in [0.1, 0.15) is 5.82 Å². The maximum absolute atomic E-state index is 9.13. The Balaban J connectivity index is 1.69. The number of aliphatic hydroxyl groups is 1. The van der Waals surface area contributed by atoms with Gasteiger partial charge in [-0.25, -0.2) is 9.97 Å². The van der Waals surface area contributed by atoms with Crippen LogP contribution >= 0.6 is 11.6 Å². The van der Waals surface area contributed by atoms with Crippen LogP contribution in [0.15, 0.2) is 54.9 Å². The molecule has 3 aromatic heterocycles. The topological polar surface area (TPSA) is 74.7 Å². The molecule has 0 spiro atoms. The van der Waals surface area contributed by atoms with Crippen LogP contribution in [-0.4, -0.2) is 25.0 Å². The lowest BCUT2D eigenvalue weighted by molar-refractivity contribution is 0.281. The maximum Gasteiger partial charge on any atom is 0.178 e. The van der Waals surface area contributed by atoms with E-state index < -0.39 is 0 Å². The first-order chi connectivity index (χ1) is 11.7. The van der Waals surface area contributed by atoms with Gasteiger partial charge in [-0.2, -0.15) is 0 Å². The van der Waals surface area contributed by atoms with E-state index in [9.17, 15) is 0 Å². The Morgan fingerprint density at radius 2 is 1.83 bits per heavy atom. The van der Waals surface area contributed by atoms with E-state index >= 15 is 0 Å². The molecule has 0 amide bonds. The molecule has 0 unspecified atom stereocenters. The smallest absolute Gasteiger partial charge is 0.178 e. The lowest BCUT2D eigenvalue weighted by Gasteiger charge is -2.06. The summed E-state index contributed by atoms with van der Waals surface area (Å²) in [7, 11) is 0. The van der Waals surface area contributed by atoms with Crippen molar-refractivity contribution >= 4 is 22.8 Å². The molecule has 0 aliphatic carbocycles. The molecule has 0 saturated heterocycles. The minimum Gasteiger partial charge on any atom is -0.392 e. The molecule has 0 saturated carbocycles. The molecule has 5 nitrogen and oxygen atoms in total. The van der Waals surface area contributed by atoms with Crippen LogP contribution in [0.3, 0.4) is 0 Å². The van der Waals surface area contributed by atoms with Gasteiger partial charge in [0.25, 0.3) is 0 Å². The van der Waals surface area contributed by atoms with E-state index in [0.717, 1.165) is 22.5 Å². The summed E-state index contributed by atoms with van der Waals surface area (Å²) in [5.74, 6) is 0.768. The molecule has 1 aromatic carbocycles. The standard InChI is InChI=1S/C18H13ClN4O/c19-14-8-11(10-24)9-21-16(14)12-3-5-13(6-4-12)17-22-15-2-1-7-20-18(15)23-17/h1-9,24H,10H2,(H,20,22,23). The molecule has 0 fully saturated rings. The van der Waals surface area contributed by atoms with Crippen molar-refractivity contribution in [2.24, 2.45) is 0 Å². The molecule has 0 atom stereocenters. The Bertz CT molecular complexity index is 978. The summed E-state index contributed by atoms with van der Waals surface area (Å²) < 4.78 is 0. The Morgan fingerprint density at radius 1 is 1.04 bits per heavy atom. The highest BCUT2D eigenvalue weighted by molar-refractivity contribution is 6.33. The number of pyridine rings is 2. The molecule has 0 aliphatic heterocycles. The van der Waals surface area contributed by atoms with Crippen molar-refractivity contribution < 1.29 is 5.11 Å². The van der Waals surface area contributed by atoms with Gasteiger partial charge in [0.15, 0.2) is 5.65 Å². The minimum atomic E-state index is -0.0774. The third kappa shape index (κ3) is 2.64. The molecule has 3 heterocycles. The van der Waals surface area contributed by atoms with Gasteiger partial charge in [-0.3, -0.25) is 4.98 Å². The summed E-state index contributed by atoms with van der Waals surface area (Å²) in [6.07, 6.45) is 3.35. The Labute approximate surface area is 143 Å². The second-order valence-corrected chi connectivity index (χ2v) is 5.78. The fraction of sp³-hybridized carbons (Fsp3) is 0.0556. The average molecular weight is 337 g/mol. The number of hydrogen-bond acceptors (Lipinski definition) is 4. The number of H-pyrrole nitrogens is 1. The van der Waals surface area contributed by atoms with Crippen LogP contribution in [0.2, 0.25) is 5.02 Å². The Morgan fingerprint density at radius 3 is 2.54 bits per heavy atom. The Kier molecular flexibility index (Phi) is 3.72. The first kappa shape index (κ1) is 14.8. The van der Waals surface area contributed by atoms with Crippen molar-refractivity contribution in [3.63, 3.8) is 0 Å². The maximum atomic E-state index is 9.13. The molecule has 6 heteroatoms. The van der Waals surface area contributed by atoms with Gasteiger partial charge in [-0.15, -0.1) is 0 Å². The highest BCUT2D eigenvalue weighted by Gasteiger charge is 2.09. The fourth-order valence-corrected chi connectivity index (χ4v) is 2.84. The van der Waals surface area contributed by atoms with E-state index in [1.165, 1.54) is 0 Å². The molecule has 0 radical (unpaired) electrons. The van der Waals surface area contributed by atoms with Gasteiger partial charge in [-0.1, -0.05) is 35.9 Å². The fourth-order valence-electron chi connectivity index (χ4n) is 2.54. The molecule has 118 valence electrons. The quantitative estimate of drug-likeness (QED) is 0.596. The van der Waals surface area contributed by atoms with Crippen LogP contribution in [0.4, 0.5) is 0 Å². The SMILES string of the molecule is OCc1cnc(-c2ccc(-c3nc4ncccc4[nH]3)cc2)c(Cl)c1. The van der Waals surface area contributed by atoms with E-state index in [0.29, 0.717) is 21.9 Å². The zero-order valence-electron chi connectivity index (χ0n) is 12.6. The number of nitrogens with zero attached hydrogens (tertiary/aromatic N) is 3. The van der Waals surface area contributed by atoms with Crippen LogP contribution in [0.5, 0.6) is 0 Å². The van der Waals surface area contributed by atoms with Crippen LogP contribution in [0.25, 0.3) is 33.8 Å². The van der Waals surface area contributed by atoms with Gasteiger partial charge in [0.05, 0.1) is 22.8 Å². The van der Waals surface area contributed by atoms with E-state index in [2.05, 4.69) is 19.9 Å². The van der Waals surface area contributed by atoms with Gasteiger partial charge in [0, 0.05) is 23.5 Å². The molecular weight excluding hydrogens is 324 g/mol. The van der Waals surface area contributed by atoms with Crippen molar-refractivity contribution in [3.05, 3.63) is 65.4 Å². The number of nitrogens with one attached hydrogen (secondary N) is 1. The number of aliphatic hydroxyl groups excluding tert-OH is 1. The zero-order valence-corrected chi connectivity index (χ0v) is 13.3. The largest absolute Gasteiger partial charge is 0.392 e. The monoisotopic (exact) mass is 336 g/mol. The van der Waals surface area contributed by atoms with Crippen molar-refractivity contribution in [2.45, 2.75) is 6.61 Å². The summed E-state index contributed by atoms with van der Waals surface area (Å²) in [5, 5.41) is 9.65. The summed E-state index contributed by atoms with van der Waals surface area (Å²) >= 11 is 6.25. The summed E-state index contributed by atoms with van der Waals surface area (Å²) in [6, 6.07) is 13.4. The minimum absolute atomic E-state index is 0.0774. The molecular formula is C18H13ClN4O. The number of rotatable bonds is 3. The average Bonchev–Trinajstić information content (AvgIpc) is 3.06. The Hall–Kier alpha value is -2.76. The number of imidazole rings is 1. The summed E-state index contributed by atoms with van der Waals surface area (Å²) in [6.45, 7) is -0.0774. The van der Waals surface area contributed by atoms with Gasteiger partial charge < -0.3 is 10.1 Å². The highest BCUT2D eigenvalue weighted by atomic mass is 35.5. The van der Waals surface area contributed by atoms with Gasteiger partial charge in [-0.05, 0) is 23.8 Å². The lowest BCUT2D eigenvalue weighted by atomic mass is 10.1. The number of hydrogen-bond donors (Lipinski definition) is 2. The number of aromatic nitrogens is 4. The number of fused-ring (bicyclic) bond motifs is 1. The van der Waals surface area contributed by atoms with Gasteiger partial charge in [0.2, 0.25) is 0 Å². The zero-order chi connectivity index (χ0) is 16.5. The van der Waals surface area contributed by atoms with E-state index in [-0.39, 0.29) is 6.61 Å². The lowest BCUT2D eigenvalue weighted by Crippen LogP contribution is -1.90. The molecule has 4 aromatic rings. The molecule has 2 N–H and O–H groups in total. The molecule has 0 aliphatic rings. The van der Waals surface area contributed by atoms with E-state index in [1.54, 1.807) is 18.5 Å². The second kappa shape index (κ2) is 6.03. The number of benzene rings is 1. The third-order valence-corrected chi connectivity index (χ3v) is 4.06. The predicted molar refractivity (Wildman–Crippen MR) is 93.5 cm³/mol. The molecule has 0 bridgehead atoms. The van der Waals surface area contributed by atoms with E-state index in [4.69, 9.17) is 16.7 Å². The third-order valence-electron chi connectivity index (χ3n) is 3.77. The van der Waals surface area contributed by atoms with E-state index in [1.807, 2.05) is 36.4 Å². The van der Waals surface area contributed by atoms with Crippen LogP contribution in [-0.2, 0) is 6.61 Å². The van der Waals surface area contributed by atoms with Gasteiger partial charge >= 0.3 is 0 Å². The van der Waals surface area contributed by atoms with Crippen LogP contribution in [0.1, 0.15) is 5.56 Å². The van der Waals surface area contributed by atoms with Crippen molar-refractivity contribution in [3.8, 4) is 22.6 Å². The molecule has 4 rings (SSSR count). The predicted octanol–water partition coefficient (Wildman–Crippen LogP) is 3.83. The normalized spacial score (nSPS) is 11.1. The first-order valence-electron chi connectivity index (χ1n) is 7.41. The number of aromatic amines is 1. The van der Waals surface area contributed by atoms with Crippen molar-refractivity contribution in [2.75, 3.05) is 0 Å². The number of halogens is 1. The summed E-state index contributed by atoms with van der Waals surface area (Å²) in [5.41, 5.74) is 4.84.